The molecule has 0 aliphatic carbocycles. The molecule has 0 spiro atoms. The highest BCUT2D eigenvalue weighted by molar-refractivity contribution is 6.31. The second-order valence-corrected chi connectivity index (χ2v) is 6.41. The number of hydrogen-bond acceptors (Lipinski definition) is 2. The van der Waals surface area contributed by atoms with Gasteiger partial charge in [0.25, 0.3) is 0 Å². The zero-order valence-electron chi connectivity index (χ0n) is 13.3. The largest absolute Gasteiger partial charge is 0.367 e. The lowest BCUT2D eigenvalue weighted by Crippen LogP contribution is -2.40. The average Bonchev–Trinajstić information content (AvgIpc) is 3.06. The average molecular weight is 347 g/mol. The summed E-state index contributed by atoms with van der Waals surface area (Å²) in [5, 5.41) is 3.21. The molecular weight excluding hydrogens is 327 g/mol. The van der Waals surface area contributed by atoms with E-state index < -0.39 is 5.82 Å². The third kappa shape index (κ3) is 3.88. The second kappa shape index (κ2) is 7.67. The Hall–Kier alpha value is -2.07. The van der Waals surface area contributed by atoms with E-state index in [1.807, 2.05) is 18.2 Å². The molecular formula is C19H20ClFN2O. The van der Waals surface area contributed by atoms with Gasteiger partial charge in [-0.1, -0.05) is 35.9 Å². The molecule has 24 heavy (non-hydrogen) atoms. The minimum Gasteiger partial charge on any atom is -0.367 e. The Balaban J connectivity index is 1.58. The number of rotatable bonds is 5. The number of halogens is 2. The molecule has 1 aliphatic heterocycles. The number of nitrogens with zero attached hydrogens (tertiary/aromatic N) is 1. The van der Waals surface area contributed by atoms with Crippen molar-refractivity contribution in [1.82, 2.24) is 5.32 Å². The molecule has 0 saturated carbocycles. The van der Waals surface area contributed by atoms with Crippen LogP contribution in [0.1, 0.15) is 18.4 Å². The van der Waals surface area contributed by atoms with E-state index in [1.54, 1.807) is 6.07 Å². The van der Waals surface area contributed by atoms with E-state index in [1.165, 1.54) is 17.8 Å². The van der Waals surface area contributed by atoms with E-state index in [0.29, 0.717) is 6.54 Å². The predicted molar refractivity (Wildman–Crippen MR) is 94.9 cm³/mol. The van der Waals surface area contributed by atoms with Gasteiger partial charge in [-0.05, 0) is 37.1 Å². The van der Waals surface area contributed by atoms with Gasteiger partial charge in [0, 0.05) is 35.4 Å². The van der Waals surface area contributed by atoms with Gasteiger partial charge in [0.1, 0.15) is 5.82 Å². The summed E-state index contributed by atoms with van der Waals surface area (Å²) in [6, 6.07) is 14.9. The second-order valence-electron chi connectivity index (χ2n) is 6.01. The van der Waals surface area contributed by atoms with Crippen LogP contribution in [-0.2, 0) is 11.2 Å². The van der Waals surface area contributed by atoms with Crippen LogP contribution in [0.3, 0.4) is 0 Å². The fraction of sp³-hybridized carbons (Fsp3) is 0.316. The maximum atomic E-state index is 13.8. The minimum atomic E-state index is -0.440. The Labute approximate surface area is 146 Å². The van der Waals surface area contributed by atoms with Crippen molar-refractivity contribution in [2.45, 2.75) is 25.3 Å². The highest BCUT2D eigenvalue weighted by Crippen LogP contribution is 2.25. The molecule has 1 aliphatic rings. The summed E-state index contributed by atoms with van der Waals surface area (Å²) in [5.41, 5.74) is 1.43. The minimum absolute atomic E-state index is 0.0381. The number of nitrogens with one attached hydrogen (secondary N) is 1. The molecule has 1 unspecified atom stereocenters. The smallest absolute Gasteiger partial charge is 0.224 e. The standard InChI is InChI=1S/C19H20ClFN2O/c20-17-9-4-10-18(21)16(17)12-19(24)22-13-15-8-5-11-23(15)14-6-2-1-3-7-14/h1-4,6-7,9-10,15H,5,8,11-13H2,(H,22,24). The third-order valence-corrected chi connectivity index (χ3v) is 4.75. The van der Waals surface area contributed by atoms with Gasteiger partial charge in [-0.25, -0.2) is 4.39 Å². The molecule has 1 fully saturated rings. The van der Waals surface area contributed by atoms with Crippen LogP contribution in [0.25, 0.3) is 0 Å². The number of amides is 1. The van der Waals surface area contributed by atoms with E-state index >= 15 is 0 Å². The van der Waals surface area contributed by atoms with E-state index in [2.05, 4.69) is 22.3 Å². The Morgan fingerprint density at radius 2 is 2.00 bits per heavy atom. The first-order valence-electron chi connectivity index (χ1n) is 8.16. The number of hydrogen-bond donors (Lipinski definition) is 1. The van der Waals surface area contributed by atoms with Crippen molar-refractivity contribution in [3.05, 3.63) is 64.9 Å². The molecule has 0 bridgehead atoms. The lowest BCUT2D eigenvalue weighted by molar-refractivity contribution is -0.120. The first-order valence-corrected chi connectivity index (χ1v) is 8.54. The van der Waals surface area contributed by atoms with Crippen LogP contribution < -0.4 is 10.2 Å². The molecule has 0 radical (unpaired) electrons. The van der Waals surface area contributed by atoms with E-state index in [-0.39, 0.29) is 29.0 Å². The van der Waals surface area contributed by atoms with Gasteiger partial charge in [0.05, 0.1) is 6.42 Å². The zero-order chi connectivity index (χ0) is 16.9. The summed E-state index contributed by atoms with van der Waals surface area (Å²) in [4.78, 5) is 14.5. The predicted octanol–water partition coefficient (Wildman–Crippen LogP) is 3.81. The van der Waals surface area contributed by atoms with Crippen LogP contribution in [0, 0.1) is 5.82 Å². The van der Waals surface area contributed by atoms with Gasteiger partial charge in [0.15, 0.2) is 0 Å². The van der Waals surface area contributed by atoms with Crippen molar-refractivity contribution in [2.75, 3.05) is 18.0 Å². The van der Waals surface area contributed by atoms with Gasteiger partial charge in [-0.15, -0.1) is 0 Å². The van der Waals surface area contributed by atoms with Crippen molar-refractivity contribution in [1.29, 1.82) is 0 Å². The van der Waals surface area contributed by atoms with Crippen molar-refractivity contribution in [3.63, 3.8) is 0 Å². The van der Waals surface area contributed by atoms with E-state index in [4.69, 9.17) is 11.6 Å². The molecule has 5 heteroatoms. The zero-order valence-corrected chi connectivity index (χ0v) is 14.1. The van der Waals surface area contributed by atoms with Crippen molar-refractivity contribution in [2.24, 2.45) is 0 Å². The van der Waals surface area contributed by atoms with Gasteiger partial charge in [-0.3, -0.25) is 4.79 Å². The Bertz CT molecular complexity index is 688. The third-order valence-electron chi connectivity index (χ3n) is 4.40. The quantitative estimate of drug-likeness (QED) is 0.893. The monoisotopic (exact) mass is 346 g/mol. The molecule has 2 aromatic carbocycles. The van der Waals surface area contributed by atoms with E-state index in [0.717, 1.165) is 19.4 Å². The Morgan fingerprint density at radius 3 is 2.75 bits per heavy atom. The maximum Gasteiger partial charge on any atom is 0.224 e. The molecule has 1 heterocycles. The fourth-order valence-electron chi connectivity index (χ4n) is 3.16. The summed E-state index contributed by atoms with van der Waals surface area (Å²) in [5.74, 6) is -0.647. The van der Waals surface area contributed by atoms with E-state index in [9.17, 15) is 9.18 Å². The topological polar surface area (TPSA) is 32.3 Å². The normalized spacial score (nSPS) is 17.1. The summed E-state index contributed by atoms with van der Waals surface area (Å²) >= 11 is 5.98. The SMILES string of the molecule is O=C(Cc1c(F)cccc1Cl)NCC1CCCN1c1ccccc1. The van der Waals surface area contributed by atoms with Crippen molar-refractivity contribution >= 4 is 23.2 Å². The van der Waals surface area contributed by atoms with Gasteiger partial charge >= 0.3 is 0 Å². The van der Waals surface area contributed by atoms with Crippen LogP contribution in [0.4, 0.5) is 10.1 Å². The highest BCUT2D eigenvalue weighted by Gasteiger charge is 2.25. The van der Waals surface area contributed by atoms with Crippen molar-refractivity contribution < 1.29 is 9.18 Å². The van der Waals surface area contributed by atoms with Crippen LogP contribution >= 0.6 is 11.6 Å². The van der Waals surface area contributed by atoms with Crippen molar-refractivity contribution in [3.8, 4) is 0 Å². The number of benzene rings is 2. The number of para-hydroxylation sites is 1. The van der Waals surface area contributed by atoms with Crippen LogP contribution in [0.2, 0.25) is 5.02 Å². The molecule has 126 valence electrons. The molecule has 3 rings (SSSR count). The lowest BCUT2D eigenvalue weighted by atomic mass is 10.1. The van der Waals surface area contributed by atoms with Crippen LogP contribution in [0.5, 0.6) is 0 Å². The van der Waals surface area contributed by atoms with Gasteiger partial charge in [0.2, 0.25) is 5.91 Å². The summed E-state index contributed by atoms with van der Waals surface area (Å²) < 4.78 is 13.8. The summed E-state index contributed by atoms with van der Waals surface area (Å²) in [6.07, 6.45) is 2.10. The molecule has 1 saturated heterocycles. The first kappa shape index (κ1) is 16.8. The summed E-state index contributed by atoms with van der Waals surface area (Å²) in [6.45, 7) is 1.55. The lowest BCUT2D eigenvalue weighted by Gasteiger charge is -2.27. The molecule has 3 nitrogen and oxygen atoms in total. The van der Waals surface area contributed by atoms with Crippen LogP contribution in [0.15, 0.2) is 48.5 Å². The molecule has 0 aromatic heterocycles. The van der Waals surface area contributed by atoms with Gasteiger partial charge in [-0.2, -0.15) is 0 Å². The fourth-order valence-corrected chi connectivity index (χ4v) is 3.39. The molecule has 1 N–H and O–H groups in total. The molecule has 1 atom stereocenters. The Kier molecular flexibility index (Phi) is 5.36. The number of carbonyl (C=O) groups is 1. The molecule has 1 amide bonds. The number of carbonyl (C=O) groups excluding carboxylic acids is 1. The first-order chi connectivity index (χ1) is 11.6. The van der Waals surface area contributed by atoms with Crippen LogP contribution in [-0.4, -0.2) is 25.0 Å². The molecule has 2 aromatic rings. The van der Waals surface area contributed by atoms with Gasteiger partial charge < -0.3 is 10.2 Å². The highest BCUT2D eigenvalue weighted by atomic mass is 35.5. The number of anilines is 1. The Morgan fingerprint density at radius 1 is 1.21 bits per heavy atom. The summed E-state index contributed by atoms with van der Waals surface area (Å²) in [7, 11) is 0. The maximum absolute atomic E-state index is 13.8.